The van der Waals surface area contributed by atoms with Gasteiger partial charge in [0, 0.05) is 31.2 Å². The number of nitrogens with zero attached hydrogens (tertiary/aromatic N) is 1. The van der Waals surface area contributed by atoms with Crippen LogP contribution in [0, 0.1) is 17.8 Å². The lowest BCUT2D eigenvalue weighted by Crippen LogP contribution is -2.66. The Bertz CT molecular complexity index is 594. The van der Waals surface area contributed by atoms with Crippen LogP contribution in [-0.4, -0.2) is 74.1 Å². The molecular formula is C23H45N7O. The summed E-state index contributed by atoms with van der Waals surface area (Å²) < 4.78 is 0. The summed E-state index contributed by atoms with van der Waals surface area (Å²) in [5, 5.41) is 20.3. The molecule has 8 nitrogen and oxygen atoms in total. The van der Waals surface area contributed by atoms with Gasteiger partial charge >= 0.3 is 0 Å². The van der Waals surface area contributed by atoms with E-state index in [4.69, 9.17) is 0 Å². The predicted octanol–water partition coefficient (Wildman–Crippen LogP) is 0.327. The van der Waals surface area contributed by atoms with Crippen molar-refractivity contribution >= 4 is 5.91 Å². The van der Waals surface area contributed by atoms with Crippen LogP contribution in [0.3, 0.4) is 0 Å². The Balaban J connectivity index is 1.27. The molecule has 1 amide bonds. The van der Waals surface area contributed by atoms with Gasteiger partial charge in [0.1, 0.15) is 12.3 Å². The van der Waals surface area contributed by atoms with Crippen LogP contribution in [0.5, 0.6) is 0 Å². The van der Waals surface area contributed by atoms with E-state index in [1.807, 2.05) is 7.05 Å². The van der Waals surface area contributed by atoms with Crippen LogP contribution in [0.4, 0.5) is 0 Å². The normalized spacial score (nSPS) is 44.8. The van der Waals surface area contributed by atoms with Crippen LogP contribution in [0.2, 0.25) is 0 Å². The zero-order valence-corrected chi connectivity index (χ0v) is 19.9. The summed E-state index contributed by atoms with van der Waals surface area (Å²) in [5.74, 6) is 2.25. The molecule has 8 heteroatoms. The zero-order chi connectivity index (χ0) is 22.0. The molecule has 0 aromatic rings. The minimum absolute atomic E-state index is 0.0975. The average molecular weight is 436 g/mol. The molecule has 4 fully saturated rings. The van der Waals surface area contributed by atoms with Crippen molar-refractivity contribution in [3.63, 3.8) is 0 Å². The highest BCUT2D eigenvalue weighted by Gasteiger charge is 2.36. The lowest BCUT2D eigenvalue weighted by atomic mass is 9.82. The van der Waals surface area contributed by atoms with Crippen molar-refractivity contribution in [1.82, 2.24) is 37.0 Å². The minimum Gasteiger partial charge on any atom is -0.352 e. The summed E-state index contributed by atoms with van der Waals surface area (Å²) in [6.07, 6.45) is 6.76. The van der Waals surface area contributed by atoms with Gasteiger partial charge in [0.2, 0.25) is 5.91 Å². The molecule has 0 bridgehead atoms. The summed E-state index contributed by atoms with van der Waals surface area (Å²) in [6, 6.07) is 1.53. The monoisotopic (exact) mass is 435 g/mol. The number of piperidine rings is 1. The van der Waals surface area contributed by atoms with E-state index < -0.39 is 0 Å². The Morgan fingerprint density at radius 1 is 1.03 bits per heavy atom. The van der Waals surface area contributed by atoms with Gasteiger partial charge in [-0.25, -0.2) is 10.4 Å². The Morgan fingerprint density at radius 2 is 1.87 bits per heavy atom. The maximum absolute atomic E-state index is 12.8. The number of amides is 1. The lowest BCUT2D eigenvalue weighted by molar-refractivity contribution is -0.124. The first-order chi connectivity index (χ1) is 14.9. The van der Waals surface area contributed by atoms with Gasteiger partial charge in [-0.3, -0.25) is 20.7 Å². The molecule has 3 saturated heterocycles. The van der Waals surface area contributed by atoms with Crippen molar-refractivity contribution in [3.05, 3.63) is 0 Å². The highest BCUT2D eigenvalue weighted by Crippen LogP contribution is 2.26. The SMILES string of the molecule is CC1CNCC(C2CCNC(NC3CC(NC(=O)C4CC(C)N(C)N4)CCC3C)N2)C1. The third kappa shape index (κ3) is 5.97. The summed E-state index contributed by atoms with van der Waals surface area (Å²) in [7, 11) is 2.02. The molecule has 178 valence electrons. The Labute approximate surface area is 188 Å². The van der Waals surface area contributed by atoms with E-state index in [0.717, 1.165) is 51.2 Å². The summed E-state index contributed by atoms with van der Waals surface area (Å²) in [5.41, 5.74) is 3.30. The molecule has 3 aliphatic heterocycles. The third-order valence-corrected chi connectivity index (χ3v) is 8.19. The first-order valence-electron chi connectivity index (χ1n) is 12.6. The summed E-state index contributed by atoms with van der Waals surface area (Å²) in [4.78, 5) is 12.8. The van der Waals surface area contributed by atoms with Gasteiger partial charge in [-0.15, -0.1) is 0 Å². The lowest BCUT2D eigenvalue weighted by Gasteiger charge is -2.43. The number of hydrogen-bond donors (Lipinski definition) is 6. The predicted molar refractivity (Wildman–Crippen MR) is 124 cm³/mol. The fourth-order valence-electron chi connectivity index (χ4n) is 6.02. The molecule has 0 spiro atoms. The molecule has 6 N–H and O–H groups in total. The van der Waals surface area contributed by atoms with Crippen LogP contribution in [0.25, 0.3) is 0 Å². The van der Waals surface area contributed by atoms with Gasteiger partial charge < -0.3 is 10.6 Å². The zero-order valence-electron chi connectivity index (χ0n) is 19.9. The van der Waals surface area contributed by atoms with Gasteiger partial charge in [0.25, 0.3) is 0 Å². The topological polar surface area (TPSA) is 92.5 Å². The van der Waals surface area contributed by atoms with E-state index in [1.54, 1.807) is 0 Å². The largest absolute Gasteiger partial charge is 0.352 e. The van der Waals surface area contributed by atoms with Crippen molar-refractivity contribution in [3.8, 4) is 0 Å². The quantitative estimate of drug-likeness (QED) is 0.371. The summed E-state index contributed by atoms with van der Waals surface area (Å²) in [6.45, 7) is 10.2. The minimum atomic E-state index is -0.0975. The van der Waals surface area contributed by atoms with Crippen LogP contribution in [0.15, 0.2) is 0 Å². The molecule has 1 aliphatic carbocycles. The van der Waals surface area contributed by atoms with Crippen molar-refractivity contribution < 1.29 is 4.79 Å². The molecule has 0 radical (unpaired) electrons. The van der Waals surface area contributed by atoms with Crippen LogP contribution >= 0.6 is 0 Å². The molecule has 31 heavy (non-hydrogen) atoms. The molecule has 1 saturated carbocycles. The number of carbonyl (C=O) groups excluding carboxylic acids is 1. The Hall–Kier alpha value is -0.770. The van der Waals surface area contributed by atoms with Gasteiger partial charge in [0.15, 0.2) is 0 Å². The molecule has 0 aromatic carbocycles. The average Bonchev–Trinajstić information content (AvgIpc) is 3.09. The second kappa shape index (κ2) is 10.4. The van der Waals surface area contributed by atoms with Gasteiger partial charge in [0.05, 0.1) is 0 Å². The third-order valence-electron chi connectivity index (χ3n) is 8.19. The van der Waals surface area contributed by atoms with Crippen molar-refractivity contribution in [1.29, 1.82) is 0 Å². The maximum Gasteiger partial charge on any atom is 0.238 e. The first kappa shape index (κ1) is 23.4. The van der Waals surface area contributed by atoms with Crippen LogP contribution in [-0.2, 0) is 4.79 Å². The smallest absolute Gasteiger partial charge is 0.238 e. The van der Waals surface area contributed by atoms with Gasteiger partial charge in [-0.05, 0) is 82.8 Å². The van der Waals surface area contributed by atoms with Crippen molar-refractivity contribution in [2.24, 2.45) is 17.8 Å². The van der Waals surface area contributed by atoms with Crippen molar-refractivity contribution in [2.45, 2.75) is 95.8 Å². The summed E-state index contributed by atoms with van der Waals surface area (Å²) >= 11 is 0. The highest BCUT2D eigenvalue weighted by molar-refractivity contribution is 5.82. The fraction of sp³-hybridized carbons (Fsp3) is 0.957. The van der Waals surface area contributed by atoms with Crippen LogP contribution < -0.4 is 32.0 Å². The molecule has 0 aromatic heterocycles. The number of nitrogens with one attached hydrogen (secondary N) is 6. The van der Waals surface area contributed by atoms with E-state index in [2.05, 4.69) is 57.8 Å². The molecule has 3 heterocycles. The number of hydrogen-bond acceptors (Lipinski definition) is 7. The fourth-order valence-corrected chi connectivity index (χ4v) is 6.02. The second-order valence-electron chi connectivity index (χ2n) is 10.9. The van der Waals surface area contributed by atoms with E-state index in [1.165, 1.54) is 12.8 Å². The van der Waals surface area contributed by atoms with Gasteiger partial charge in [-0.1, -0.05) is 13.8 Å². The highest BCUT2D eigenvalue weighted by atomic mass is 16.2. The van der Waals surface area contributed by atoms with E-state index >= 15 is 0 Å². The Morgan fingerprint density at radius 3 is 2.61 bits per heavy atom. The van der Waals surface area contributed by atoms with E-state index in [0.29, 0.717) is 30.0 Å². The standard InChI is InChI=1S/C23H45N7O/c1-14-9-17(13-24-12-14)19-7-8-25-23(27-19)28-20-11-18(6-5-15(20)2)26-22(31)21-10-16(3)30(4)29-21/h14-21,23-25,27-29H,5-13H2,1-4H3,(H,26,31). The molecule has 9 unspecified atom stereocenters. The second-order valence-corrected chi connectivity index (χ2v) is 10.9. The molecule has 4 rings (SSSR count). The number of hydrazine groups is 1. The molecule has 9 atom stereocenters. The number of rotatable bonds is 5. The first-order valence-corrected chi connectivity index (χ1v) is 12.6. The maximum atomic E-state index is 12.8. The molecule has 4 aliphatic rings. The van der Waals surface area contributed by atoms with E-state index in [-0.39, 0.29) is 24.3 Å². The molecular weight excluding hydrogens is 390 g/mol. The van der Waals surface area contributed by atoms with Crippen LogP contribution in [0.1, 0.15) is 59.3 Å². The Kier molecular flexibility index (Phi) is 7.88. The number of carbonyl (C=O) groups is 1. The van der Waals surface area contributed by atoms with E-state index in [9.17, 15) is 4.79 Å². The van der Waals surface area contributed by atoms with Crippen molar-refractivity contribution in [2.75, 3.05) is 26.7 Å². The van der Waals surface area contributed by atoms with Gasteiger partial charge in [-0.2, -0.15) is 0 Å².